The van der Waals surface area contributed by atoms with Crippen LogP contribution in [0.5, 0.6) is 0 Å². The molecule has 0 fully saturated rings. The summed E-state index contributed by atoms with van der Waals surface area (Å²) in [5.41, 5.74) is 1.98. The van der Waals surface area contributed by atoms with Gasteiger partial charge in [0.1, 0.15) is 0 Å². The zero-order valence-corrected chi connectivity index (χ0v) is 9.76. The molecule has 1 aromatic carbocycles. The van der Waals surface area contributed by atoms with Crippen LogP contribution >= 0.6 is 0 Å². The molecule has 1 N–H and O–H groups in total. The Bertz CT molecular complexity index is 348. The van der Waals surface area contributed by atoms with E-state index in [1.807, 2.05) is 36.4 Å². The quantitative estimate of drug-likeness (QED) is 0.741. The lowest BCUT2D eigenvalue weighted by molar-refractivity contribution is 0.199. The predicted octanol–water partition coefficient (Wildman–Crippen LogP) is 2.92. The molecule has 1 atom stereocenters. The molecule has 0 spiro atoms. The van der Waals surface area contributed by atoms with E-state index in [0.717, 1.165) is 24.3 Å². The Morgan fingerprint density at radius 1 is 1.25 bits per heavy atom. The maximum atomic E-state index is 9.71. The highest BCUT2D eigenvalue weighted by molar-refractivity contribution is 5.55. The SMILES string of the molecule is C=CCN(CC=C)c1ccccc1C(C)O. The highest BCUT2D eigenvalue weighted by Crippen LogP contribution is 2.25. The Balaban J connectivity index is 3.06. The molecule has 0 amide bonds. The molecule has 1 aromatic rings. The zero-order chi connectivity index (χ0) is 12.0. The lowest BCUT2D eigenvalue weighted by Crippen LogP contribution is -2.24. The molecule has 0 radical (unpaired) electrons. The largest absolute Gasteiger partial charge is 0.389 e. The second-order valence-electron chi connectivity index (χ2n) is 3.72. The lowest BCUT2D eigenvalue weighted by Gasteiger charge is -2.25. The Morgan fingerprint density at radius 2 is 1.81 bits per heavy atom. The van der Waals surface area contributed by atoms with Crippen molar-refractivity contribution in [3.63, 3.8) is 0 Å². The van der Waals surface area contributed by atoms with Gasteiger partial charge in [-0.2, -0.15) is 0 Å². The van der Waals surface area contributed by atoms with Gasteiger partial charge < -0.3 is 10.0 Å². The van der Waals surface area contributed by atoms with E-state index in [4.69, 9.17) is 0 Å². The number of rotatable bonds is 6. The minimum absolute atomic E-state index is 0.465. The van der Waals surface area contributed by atoms with Gasteiger partial charge >= 0.3 is 0 Å². The number of hydrogen-bond acceptors (Lipinski definition) is 2. The summed E-state index contributed by atoms with van der Waals surface area (Å²) in [5, 5.41) is 9.71. The standard InChI is InChI=1S/C14H19NO/c1-4-10-15(11-5-2)14-9-7-6-8-13(14)12(3)16/h4-9,12,16H,1-2,10-11H2,3H3. The van der Waals surface area contributed by atoms with Crippen molar-refractivity contribution in [3.8, 4) is 0 Å². The number of benzene rings is 1. The topological polar surface area (TPSA) is 23.5 Å². The Morgan fingerprint density at radius 3 is 2.31 bits per heavy atom. The van der Waals surface area contributed by atoms with Crippen LogP contribution in [0, 0.1) is 0 Å². The Kier molecular flexibility index (Phi) is 4.80. The van der Waals surface area contributed by atoms with Gasteiger partial charge in [-0.25, -0.2) is 0 Å². The van der Waals surface area contributed by atoms with Gasteiger partial charge in [-0.1, -0.05) is 30.4 Å². The van der Waals surface area contributed by atoms with Crippen LogP contribution in [0.15, 0.2) is 49.6 Å². The molecule has 2 nitrogen and oxygen atoms in total. The van der Waals surface area contributed by atoms with E-state index in [0.29, 0.717) is 0 Å². The maximum Gasteiger partial charge on any atom is 0.0781 e. The predicted molar refractivity (Wildman–Crippen MR) is 69.7 cm³/mol. The molecule has 0 aromatic heterocycles. The minimum Gasteiger partial charge on any atom is -0.389 e. The van der Waals surface area contributed by atoms with Gasteiger partial charge in [-0.3, -0.25) is 0 Å². The van der Waals surface area contributed by atoms with Crippen molar-refractivity contribution in [2.75, 3.05) is 18.0 Å². The second kappa shape index (κ2) is 6.13. The van der Waals surface area contributed by atoms with Gasteiger partial charge in [0, 0.05) is 24.3 Å². The van der Waals surface area contributed by atoms with E-state index in [9.17, 15) is 5.11 Å². The van der Waals surface area contributed by atoms with E-state index < -0.39 is 6.10 Å². The summed E-state index contributed by atoms with van der Waals surface area (Å²) in [4.78, 5) is 2.13. The van der Waals surface area contributed by atoms with Crippen LogP contribution in [-0.4, -0.2) is 18.2 Å². The average molecular weight is 217 g/mol. The molecule has 16 heavy (non-hydrogen) atoms. The summed E-state index contributed by atoms with van der Waals surface area (Å²) in [6.07, 6.45) is 3.23. The van der Waals surface area contributed by atoms with Crippen LogP contribution < -0.4 is 4.90 Å². The van der Waals surface area contributed by atoms with Crippen molar-refractivity contribution >= 4 is 5.69 Å². The third kappa shape index (κ3) is 2.97. The first-order chi connectivity index (χ1) is 7.70. The van der Waals surface area contributed by atoms with Crippen LogP contribution in [0.4, 0.5) is 5.69 Å². The van der Waals surface area contributed by atoms with Crippen LogP contribution in [-0.2, 0) is 0 Å². The van der Waals surface area contributed by atoms with E-state index in [-0.39, 0.29) is 0 Å². The van der Waals surface area contributed by atoms with E-state index >= 15 is 0 Å². The van der Waals surface area contributed by atoms with Crippen molar-refractivity contribution in [1.29, 1.82) is 0 Å². The van der Waals surface area contributed by atoms with Crippen molar-refractivity contribution in [2.45, 2.75) is 13.0 Å². The number of aliphatic hydroxyl groups is 1. The lowest BCUT2D eigenvalue weighted by atomic mass is 10.1. The van der Waals surface area contributed by atoms with Gasteiger partial charge in [-0.15, -0.1) is 13.2 Å². The highest BCUT2D eigenvalue weighted by Gasteiger charge is 2.11. The average Bonchev–Trinajstić information content (AvgIpc) is 2.29. The normalized spacial score (nSPS) is 11.9. The van der Waals surface area contributed by atoms with Gasteiger partial charge in [0.05, 0.1) is 6.10 Å². The minimum atomic E-state index is -0.465. The summed E-state index contributed by atoms with van der Waals surface area (Å²) >= 11 is 0. The molecule has 86 valence electrons. The molecule has 2 heteroatoms. The first-order valence-electron chi connectivity index (χ1n) is 5.44. The maximum absolute atomic E-state index is 9.71. The zero-order valence-electron chi connectivity index (χ0n) is 9.76. The number of hydrogen-bond donors (Lipinski definition) is 1. The highest BCUT2D eigenvalue weighted by atomic mass is 16.3. The molecule has 1 rings (SSSR count). The molecule has 0 saturated heterocycles. The van der Waals surface area contributed by atoms with Crippen LogP contribution in [0.2, 0.25) is 0 Å². The number of anilines is 1. The third-order valence-electron chi connectivity index (χ3n) is 2.43. The van der Waals surface area contributed by atoms with Crippen LogP contribution in [0.3, 0.4) is 0 Å². The molecule has 0 heterocycles. The summed E-state index contributed by atoms with van der Waals surface area (Å²) in [7, 11) is 0. The monoisotopic (exact) mass is 217 g/mol. The fourth-order valence-electron chi connectivity index (χ4n) is 1.71. The summed E-state index contributed by atoms with van der Waals surface area (Å²) in [6.45, 7) is 10.8. The summed E-state index contributed by atoms with van der Waals surface area (Å²) in [6, 6.07) is 7.86. The van der Waals surface area contributed by atoms with Crippen LogP contribution in [0.1, 0.15) is 18.6 Å². The number of aliphatic hydroxyl groups excluding tert-OH is 1. The first kappa shape index (κ1) is 12.5. The fraction of sp³-hybridized carbons (Fsp3) is 0.286. The smallest absolute Gasteiger partial charge is 0.0781 e. The third-order valence-corrected chi connectivity index (χ3v) is 2.43. The molecule has 0 aliphatic heterocycles. The Labute approximate surface area is 97.5 Å². The van der Waals surface area contributed by atoms with Gasteiger partial charge in [-0.05, 0) is 13.0 Å². The van der Waals surface area contributed by atoms with E-state index in [1.165, 1.54) is 0 Å². The molecule has 0 bridgehead atoms. The number of nitrogens with zero attached hydrogens (tertiary/aromatic N) is 1. The van der Waals surface area contributed by atoms with Crippen LogP contribution in [0.25, 0.3) is 0 Å². The molecule has 0 saturated carbocycles. The van der Waals surface area contributed by atoms with Crippen molar-refractivity contribution < 1.29 is 5.11 Å². The Hall–Kier alpha value is -1.54. The van der Waals surface area contributed by atoms with Gasteiger partial charge in [0.15, 0.2) is 0 Å². The second-order valence-corrected chi connectivity index (χ2v) is 3.72. The number of para-hydroxylation sites is 1. The molecule has 0 aliphatic carbocycles. The summed E-state index contributed by atoms with van der Waals surface area (Å²) < 4.78 is 0. The van der Waals surface area contributed by atoms with Gasteiger partial charge in [0.25, 0.3) is 0 Å². The molecule has 0 aliphatic rings. The first-order valence-corrected chi connectivity index (χ1v) is 5.44. The van der Waals surface area contributed by atoms with Crippen molar-refractivity contribution in [1.82, 2.24) is 0 Å². The van der Waals surface area contributed by atoms with Crippen molar-refractivity contribution in [3.05, 3.63) is 55.1 Å². The van der Waals surface area contributed by atoms with E-state index in [1.54, 1.807) is 6.92 Å². The van der Waals surface area contributed by atoms with E-state index in [2.05, 4.69) is 18.1 Å². The summed E-state index contributed by atoms with van der Waals surface area (Å²) in [5.74, 6) is 0. The molecule has 1 unspecified atom stereocenters. The van der Waals surface area contributed by atoms with Gasteiger partial charge in [0.2, 0.25) is 0 Å². The van der Waals surface area contributed by atoms with Crippen molar-refractivity contribution in [2.24, 2.45) is 0 Å². The molecular formula is C14H19NO. The fourth-order valence-corrected chi connectivity index (χ4v) is 1.71. The molecular weight excluding hydrogens is 198 g/mol.